The molecule has 1 aromatic heterocycles. The molecule has 100 valence electrons. The van der Waals surface area contributed by atoms with E-state index < -0.39 is 6.10 Å². The molecule has 0 saturated carbocycles. The van der Waals surface area contributed by atoms with E-state index in [0.717, 1.165) is 12.2 Å². The third-order valence-corrected chi connectivity index (χ3v) is 4.00. The van der Waals surface area contributed by atoms with Crippen molar-refractivity contribution in [2.75, 3.05) is 0 Å². The van der Waals surface area contributed by atoms with Crippen LogP contribution >= 0.6 is 0 Å². The average molecular weight is 256 g/mol. The van der Waals surface area contributed by atoms with Gasteiger partial charge in [-0.25, -0.2) is 0 Å². The van der Waals surface area contributed by atoms with E-state index >= 15 is 0 Å². The molecule has 1 heterocycles. The van der Waals surface area contributed by atoms with Crippen LogP contribution < -0.4 is 0 Å². The van der Waals surface area contributed by atoms with Crippen LogP contribution in [-0.4, -0.2) is 5.11 Å². The Morgan fingerprint density at radius 3 is 2.84 bits per heavy atom. The van der Waals surface area contributed by atoms with E-state index in [9.17, 15) is 5.11 Å². The van der Waals surface area contributed by atoms with Crippen LogP contribution in [0, 0.1) is 0 Å². The van der Waals surface area contributed by atoms with E-state index in [1.165, 1.54) is 36.0 Å². The summed E-state index contributed by atoms with van der Waals surface area (Å²) in [5.74, 6) is 1.56. The SMILES string of the molecule is CCC(O)c1ccc(-c2cccc3c2CCCC3)o1. The second-order valence-corrected chi connectivity index (χ2v) is 5.28. The van der Waals surface area contributed by atoms with Gasteiger partial charge < -0.3 is 9.52 Å². The predicted molar refractivity (Wildman–Crippen MR) is 76.0 cm³/mol. The summed E-state index contributed by atoms with van der Waals surface area (Å²) in [6.45, 7) is 1.96. The molecule has 0 amide bonds. The van der Waals surface area contributed by atoms with Crippen LogP contribution in [0.4, 0.5) is 0 Å². The fourth-order valence-corrected chi connectivity index (χ4v) is 2.89. The fraction of sp³-hybridized carbons (Fsp3) is 0.412. The van der Waals surface area contributed by atoms with Crippen molar-refractivity contribution in [2.45, 2.75) is 45.1 Å². The highest BCUT2D eigenvalue weighted by atomic mass is 16.4. The summed E-state index contributed by atoms with van der Waals surface area (Å²) in [5, 5.41) is 9.83. The number of aliphatic hydroxyl groups excluding tert-OH is 1. The maximum atomic E-state index is 9.83. The lowest BCUT2D eigenvalue weighted by molar-refractivity contribution is 0.147. The van der Waals surface area contributed by atoms with Crippen molar-refractivity contribution in [3.8, 4) is 11.3 Å². The van der Waals surface area contributed by atoms with Crippen molar-refractivity contribution in [1.29, 1.82) is 0 Å². The number of rotatable bonds is 3. The van der Waals surface area contributed by atoms with E-state index in [1.807, 2.05) is 19.1 Å². The van der Waals surface area contributed by atoms with Gasteiger partial charge in [-0.2, -0.15) is 0 Å². The van der Waals surface area contributed by atoms with Gasteiger partial charge in [0, 0.05) is 5.56 Å². The molecule has 1 atom stereocenters. The molecule has 0 spiro atoms. The Morgan fingerprint density at radius 1 is 1.16 bits per heavy atom. The molecule has 2 nitrogen and oxygen atoms in total. The average Bonchev–Trinajstić information content (AvgIpc) is 2.95. The minimum atomic E-state index is -0.492. The van der Waals surface area contributed by atoms with E-state index in [1.54, 1.807) is 0 Å². The van der Waals surface area contributed by atoms with Gasteiger partial charge in [0.05, 0.1) is 0 Å². The van der Waals surface area contributed by atoms with E-state index in [-0.39, 0.29) is 0 Å². The van der Waals surface area contributed by atoms with Gasteiger partial charge in [-0.05, 0) is 55.4 Å². The molecule has 0 saturated heterocycles. The summed E-state index contributed by atoms with van der Waals surface area (Å²) >= 11 is 0. The van der Waals surface area contributed by atoms with E-state index in [2.05, 4.69) is 18.2 Å². The molecule has 1 aliphatic carbocycles. The zero-order valence-corrected chi connectivity index (χ0v) is 11.4. The minimum absolute atomic E-state index is 0.492. The Kier molecular flexibility index (Phi) is 3.43. The second-order valence-electron chi connectivity index (χ2n) is 5.28. The van der Waals surface area contributed by atoms with Gasteiger partial charge >= 0.3 is 0 Å². The van der Waals surface area contributed by atoms with Gasteiger partial charge in [0.1, 0.15) is 17.6 Å². The van der Waals surface area contributed by atoms with Gasteiger partial charge in [-0.3, -0.25) is 0 Å². The molecule has 0 fully saturated rings. The van der Waals surface area contributed by atoms with Gasteiger partial charge in [-0.1, -0.05) is 25.1 Å². The summed E-state index contributed by atoms with van der Waals surface area (Å²) in [7, 11) is 0. The van der Waals surface area contributed by atoms with Crippen LogP contribution in [0.3, 0.4) is 0 Å². The minimum Gasteiger partial charge on any atom is -0.458 e. The number of furan rings is 1. The number of aliphatic hydroxyl groups is 1. The molecule has 3 rings (SSSR count). The maximum Gasteiger partial charge on any atom is 0.134 e. The topological polar surface area (TPSA) is 33.4 Å². The van der Waals surface area contributed by atoms with Crippen molar-refractivity contribution in [2.24, 2.45) is 0 Å². The van der Waals surface area contributed by atoms with Crippen LogP contribution in [0.5, 0.6) is 0 Å². The predicted octanol–water partition coefficient (Wildman–Crippen LogP) is 4.27. The van der Waals surface area contributed by atoms with Crippen molar-refractivity contribution >= 4 is 0 Å². The van der Waals surface area contributed by atoms with Gasteiger partial charge in [0.15, 0.2) is 0 Å². The number of hydrogen-bond acceptors (Lipinski definition) is 2. The molecule has 1 aliphatic rings. The summed E-state index contributed by atoms with van der Waals surface area (Å²) in [6.07, 6.45) is 5.04. The summed E-state index contributed by atoms with van der Waals surface area (Å²) < 4.78 is 5.84. The monoisotopic (exact) mass is 256 g/mol. The Balaban J connectivity index is 2.00. The van der Waals surface area contributed by atoms with Crippen LogP contribution in [0.2, 0.25) is 0 Å². The first-order valence-corrected chi connectivity index (χ1v) is 7.18. The second kappa shape index (κ2) is 5.22. The third-order valence-electron chi connectivity index (χ3n) is 4.00. The van der Waals surface area contributed by atoms with Gasteiger partial charge in [0.25, 0.3) is 0 Å². The largest absolute Gasteiger partial charge is 0.458 e. The van der Waals surface area contributed by atoms with Crippen molar-refractivity contribution in [3.05, 3.63) is 47.2 Å². The van der Waals surface area contributed by atoms with Crippen LogP contribution in [0.15, 0.2) is 34.7 Å². The van der Waals surface area contributed by atoms with Crippen molar-refractivity contribution in [1.82, 2.24) is 0 Å². The van der Waals surface area contributed by atoms with E-state index in [4.69, 9.17) is 4.42 Å². The van der Waals surface area contributed by atoms with Crippen LogP contribution in [0.1, 0.15) is 49.2 Å². The van der Waals surface area contributed by atoms with E-state index in [0.29, 0.717) is 12.2 Å². The van der Waals surface area contributed by atoms with Crippen LogP contribution in [0.25, 0.3) is 11.3 Å². The number of aryl methyl sites for hydroxylation is 1. The quantitative estimate of drug-likeness (QED) is 0.889. The van der Waals surface area contributed by atoms with Crippen molar-refractivity contribution < 1.29 is 9.52 Å². The lowest BCUT2D eigenvalue weighted by Crippen LogP contribution is -2.03. The maximum absolute atomic E-state index is 9.83. The first kappa shape index (κ1) is 12.5. The van der Waals surface area contributed by atoms with Crippen LogP contribution in [-0.2, 0) is 12.8 Å². The zero-order valence-electron chi connectivity index (χ0n) is 11.4. The molecule has 0 bridgehead atoms. The number of fused-ring (bicyclic) bond motifs is 1. The zero-order chi connectivity index (χ0) is 13.2. The lowest BCUT2D eigenvalue weighted by atomic mass is 9.87. The molecule has 19 heavy (non-hydrogen) atoms. The Morgan fingerprint density at radius 2 is 2.00 bits per heavy atom. The smallest absolute Gasteiger partial charge is 0.134 e. The molecule has 0 radical (unpaired) electrons. The highest BCUT2D eigenvalue weighted by Crippen LogP contribution is 2.33. The fourth-order valence-electron chi connectivity index (χ4n) is 2.89. The molecule has 2 heteroatoms. The Bertz CT molecular complexity index is 568. The van der Waals surface area contributed by atoms with Gasteiger partial charge in [-0.15, -0.1) is 0 Å². The third kappa shape index (κ3) is 2.33. The molecular weight excluding hydrogens is 236 g/mol. The molecule has 0 aliphatic heterocycles. The summed E-state index contributed by atoms with van der Waals surface area (Å²) in [5.41, 5.74) is 4.09. The molecule has 1 aromatic carbocycles. The Hall–Kier alpha value is -1.54. The first-order chi connectivity index (χ1) is 9.29. The molecule has 1 N–H and O–H groups in total. The Labute approximate surface area is 114 Å². The summed E-state index contributed by atoms with van der Waals surface area (Å²) in [6, 6.07) is 10.3. The number of hydrogen-bond donors (Lipinski definition) is 1. The normalized spacial score (nSPS) is 16.1. The van der Waals surface area contributed by atoms with Crippen molar-refractivity contribution in [3.63, 3.8) is 0 Å². The summed E-state index contributed by atoms with van der Waals surface area (Å²) in [4.78, 5) is 0. The first-order valence-electron chi connectivity index (χ1n) is 7.18. The highest BCUT2D eigenvalue weighted by molar-refractivity contribution is 5.64. The molecule has 1 unspecified atom stereocenters. The van der Waals surface area contributed by atoms with Gasteiger partial charge in [0.2, 0.25) is 0 Å². The molecule has 2 aromatic rings. The lowest BCUT2D eigenvalue weighted by Gasteiger charge is -2.18. The number of benzene rings is 1. The molecular formula is C17H20O2. The highest BCUT2D eigenvalue weighted by Gasteiger charge is 2.17. The standard InChI is InChI=1S/C17H20O2/c1-2-15(18)17-11-10-16(19-17)14-9-5-7-12-6-3-4-8-13(12)14/h5,7,9-11,15,18H,2-4,6,8H2,1H3.